The number of fused-ring (bicyclic) bond motifs is 2. The second-order valence-electron chi connectivity index (χ2n) is 10.3. The number of benzene rings is 2. The lowest BCUT2D eigenvalue weighted by Gasteiger charge is -2.23. The molecule has 11 nitrogen and oxygen atoms in total. The van der Waals surface area contributed by atoms with Crippen molar-refractivity contribution in [2.45, 2.75) is 54.1 Å². The second-order valence-corrected chi connectivity index (χ2v) is 12.7. The predicted molar refractivity (Wildman–Crippen MR) is 179 cm³/mol. The van der Waals surface area contributed by atoms with Gasteiger partial charge in [-0.05, 0) is 59.2 Å². The van der Waals surface area contributed by atoms with Crippen LogP contribution in [0.25, 0.3) is 17.1 Å². The van der Waals surface area contributed by atoms with Crippen molar-refractivity contribution < 1.29 is 36.6 Å². The molecule has 2 heterocycles. The molecule has 0 bridgehead atoms. The Balaban J connectivity index is 1.83. The SMILES string of the molecule is CCOC(=O)c1cc2c(cc1Cl)N(CC)C(=CC=Cc1n(CC)c3cc(Cl)c(C(=O)OCC)cc3[n+]1CCCS(=O)(=O)[O-])N2CC. The third-order valence-electron chi connectivity index (χ3n) is 7.60. The maximum atomic E-state index is 12.7. The smallest absolute Gasteiger partial charge is 0.339 e. The van der Waals surface area contributed by atoms with Crippen LogP contribution in [0.1, 0.15) is 67.6 Å². The topological polar surface area (TPSA) is 125 Å². The molecule has 0 unspecified atom stereocenters. The van der Waals surface area contributed by atoms with Crippen LogP contribution in [0.4, 0.5) is 11.4 Å². The maximum absolute atomic E-state index is 12.7. The number of esters is 2. The fourth-order valence-corrected chi connectivity index (χ4v) is 6.65. The number of hydrogen-bond acceptors (Lipinski definition) is 9. The van der Waals surface area contributed by atoms with Gasteiger partial charge in [0.2, 0.25) is 0 Å². The fourth-order valence-electron chi connectivity index (χ4n) is 5.69. The molecule has 0 N–H and O–H groups in total. The first-order chi connectivity index (χ1) is 21.9. The Hall–Kier alpha value is -3.58. The number of nitrogens with zero attached hydrogens (tertiary/aromatic N) is 4. The fraction of sp³-hybridized carbons (Fsp3) is 0.406. The van der Waals surface area contributed by atoms with E-state index >= 15 is 0 Å². The molecule has 0 saturated carbocycles. The van der Waals surface area contributed by atoms with Gasteiger partial charge < -0.3 is 23.8 Å². The lowest BCUT2D eigenvalue weighted by atomic mass is 10.1. The van der Waals surface area contributed by atoms with E-state index in [1.807, 2.05) is 48.1 Å². The summed E-state index contributed by atoms with van der Waals surface area (Å²) in [6.07, 6.45) is 5.80. The number of imidazole rings is 1. The molecule has 14 heteroatoms. The number of ether oxygens (including phenoxy) is 2. The van der Waals surface area contributed by atoms with Crippen LogP contribution in [0.5, 0.6) is 0 Å². The average Bonchev–Trinajstić information content (AvgIpc) is 3.45. The molecule has 248 valence electrons. The number of aryl methyl sites for hydroxylation is 2. The first-order valence-electron chi connectivity index (χ1n) is 15.2. The number of halogens is 2. The van der Waals surface area contributed by atoms with Gasteiger partial charge in [-0.1, -0.05) is 29.3 Å². The number of anilines is 2. The molecule has 2 aromatic carbocycles. The van der Waals surface area contributed by atoms with Crippen LogP contribution >= 0.6 is 23.2 Å². The molecule has 1 aliphatic heterocycles. The normalized spacial score (nSPS) is 14.1. The third kappa shape index (κ3) is 7.20. The molecular formula is C32H38Cl2N4O7S. The highest BCUT2D eigenvalue weighted by atomic mass is 35.5. The van der Waals surface area contributed by atoms with Crippen molar-refractivity contribution in [3.63, 3.8) is 0 Å². The van der Waals surface area contributed by atoms with Crippen LogP contribution in [-0.2, 0) is 32.7 Å². The minimum Gasteiger partial charge on any atom is -0.748 e. The molecule has 1 aliphatic rings. The summed E-state index contributed by atoms with van der Waals surface area (Å²) >= 11 is 13.0. The third-order valence-corrected chi connectivity index (χ3v) is 9.02. The van der Waals surface area contributed by atoms with Gasteiger partial charge in [-0.25, -0.2) is 27.1 Å². The van der Waals surface area contributed by atoms with Crippen LogP contribution in [-0.4, -0.2) is 61.5 Å². The quantitative estimate of drug-likeness (QED) is 0.125. The molecule has 0 amide bonds. The summed E-state index contributed by atoms with van der Waals surface area (Å²) in [5.74, 6) is -0.0104. The Morgan fingerprint density at radius 3 is 1.98 bits per heavy atom. The van der Waals surface area contributed by atoms with E-state index in [9.17, 15) is 22.6 Å². The van der Waals surface area contributed by atoms with Crippen molar-refractivity contribution in [2.75, 3.05) is 41.9 Å². The summed E-state index contributed by atoms with van der Waals surface area (Å²) in [4.78, 5) is 29.4. The molecule has 0 radical (unpaired) electrons. The number of rotatable bonds is 13. The van der Waals surface area contributed by atoms with E-state index in [0.29, 0.717) is 41.6 Å². The minimum absolute atomic E-state index is 0.0741. The predicted octanol–water partition coefficient (Wildman–Crippen LogP) is 5.77. The van der Waals surface area contributed by atoms with Gasteiger partial charge in [-0.2, -0.15) is 0 Å². The van der Waals surface area contributed by atoms with Crippen molar-refractivity contribution in [1.82, 2.24) is 4.57 Å². The van der Waals surface area contributed by atoms with Gasteiger partial charge in [0, 0.05) is 37.1 Å². The van der Waals surface area contributed by atoms with Crippen LogP contribution in [0.3, 0.4) is 0 Å². The molecule has 0 spiro atoms. The van der Waals surface area contributed by atoms with E-state index in [-0.39, 0.29) is 36.8 Å². The van der Waals surface area contributed by atoms with E-state index in [1.54, 1.807) is 38.1 Å². The number of carbonyl (C=O) groups is 2. The highest BCUT2D eigenvalue weighted by Gasteiger charge is 2.32. The van der Waals surface area contributed by atoms with E-state index in [0.717, 1.165) is 22.7 Å². The summed E-state index contributed by atoms with van der Waals surface area (Å²) in [6, 6.07) is 6.86. The van der Waals surface area contributed by atoms with Gasteiger partial charge >= 0.3 is 11.9 Å². The van der Waals surface area contributed by atoms with Crippen molar-refractivity contribution in [2.24, 2.45) is 0 Å². The van der Waals surface area contributed by atoms with Gasteiger partial charge in [0.1, 0.15) is 5.82 Å². The van der Waals surface area contributed by atoms with E-state index in [1.165, 1.54) is 0 Å². The number of carbonyl (C=O) groups excluding carboxylic acids is 2. The average molecular weight is 694 g/mol. The van der Waals surface area contributed by atoms with E-state index in [2.05, 4.69) is 9.80 Å². The number of allylic oxidation sites excluding steroid dienone is 2. The van der Waals surface area contributed by atoms with Crippen molar-refractivity contribution in [1.29, 1.82) is 0 Å². The first kappa shape index (κ1) is 35.3. The van der Waals surface area contributed by atoms with Crippen LogP contribution in [0.15, 0.2) is 42.2 Å². The van der Waals surface area contributed by atoms with Crippen LogP contribution < -0.4 is 14.4 Å². The van der Waals surface area contributed by atoms with Crippen molar-refractivity contribution >= 4 is 73.7 Å². The van der Waals surface area contributed by atoms with Gasteiger partial charge in [0.05, 0.1) is 69.0 Å². The van der Waals surface area contributed by atoms with Gasteiger partial charge in [0.25, 0.3) is 5.82 Å². The standard InChI is InChI=1S/C32H38Cl2N4O7S/c1-6-35-25-17-21(31(39)44-9-4)23(33)19-27(25)36(7-2)29(35)13-11-14-30-37(8-3)28-20-24(34)22(32(40)45-10-5)18-26(28)38(30)15-12-16-46(41,42)43/h11,13-14,17-20H,6-10,12,15-16H2,1-5H3. The minimum atomic E-state index is -4.42. The van der Waals surface area contributed by atoms with Gasteiger partial charge in [0.15, 0.2) is 11.0 Å². The summed E-state index contributed by atoms with van der Waals surface area (Å²) in [5.41, 5.74) is 3.55. The summed E-state index contributed by atoms with van der Waals surface area (Å²) in [6.45, 7) is 11.8. The molecule has 4 rings (SSSR count). The zero-order valence-electron chi connectivity index (χ0n) is 26.5. The van der Waals surface area contributed by atoms with Gasteiger partial charge in [-0.3, -0.25) is 0 Å². The van der Waals surface area contributed by atoms with Crippen molar-refractivity contribution in [3.05, 3.63) is 69.2 Å². The molecular weight excluding hydrogens is 655 g/mol. The van der Waals surface area contributed by atoms with Crippen molar-refractivity contribution in [3.8, 4) is 0 Å². The molecule has 0 fully saturated rings. The summed E-state index contributed by atoms with van der Waals surface area (Å²) < 4.78 is 48.5. The van der Waals surface area contributed by atoms with Crippen LogP contribution in [0.2, 0.25) is 10.0 Å². The Labute approximate surface area is 279 Å². The Morgan fingerprint density at radius 2 is 1.43 bits per heavy atom. The highest BCUT2D eigenvalue weighted by molar-refractivity contribution is 7.85. The van der Waals surface area contributed by atoms with Crippen LogP contribution in [0, 0.1) is 0 Å². The maximum Gasteiger partial charge on any atom is 0.339 e. The molecule has 3 aromatic rings. The molecule has 1 aromatic heterocycles. The zero-order valence-corrected chi connectivity index (χ0v) is 28.8. The largest absolute Gasteiger partial charge is 0.748 e. The Kier molecular flexibility index (Phi) is 11.4. The second kappa shape index (κ2) is 14.9. The molecule has 46 heavy (non-hydrogen) atoms. The van der Waals surface area contributed by atoms with Gasteiger partial charge in [-0.15, -0.1) is 0 Å². The number of aromatic nitrogens is 2. The first-order valence-corrected chi connectivity index (χ1v) is 17.5. The van der Waals surface area contributed by atoms with E-state index in [4.69, 9.17) is 32.7 Å². The molecule has 0 atom stereocenters. The summed E-state index contributed by atoms with van der Waals surface area (Å²) in [5, 5.41) is 0.532. The summed E-state index contributed by atoms with van der Waals surface area (Å²) in [7, 11) is -4.42. The Bertz CT molecular complexity index is 1820. The lowest BCUT2D eigenvalue weighted by Crippen LogP contribution is -2.37. The monoisotopic (exact) mass is 692 g/mol. The molecule has 0 saturated heterocycles. The molecule has 0 aliphatic carbocycles. The lowest BCUT2D eigenvalue weighted by molar-refractivity contribution is -0.673. The number of hydrogen-bond donors (Lipinski definition) is 0. The zero-order chi connectivity index (χ0) is 33.8. The van der Waals surface area contributed by atoms with E-state index < -0.39 is 27.8 Å². The Morgan fingerprint density at radius 1 is 0.870 bits per heavy atom. The highest BCUT2D eigenvalue weighted by Crippen LogP contribution is 2.44.